The molecule has 51 heavy (non-hydrogen) atoms. The van der Waals surface area contributed by atoms with E-state index in [-0.39, 0.29) is 19.6 Å². The highest BCUT2D eigenvalue weighted by atomic mass is 16.7. The molecule has 2 aliphatic heterocycles. The van der Waals surface area contributed by atoms with Crippen molar-refractivity contribution in [3.8, 4) is 0 Å². The molecule has 11 unspecified atom stereocenters. The van der Waals surface area contributed by atoms with Gasteiger partial charge >= 0.3 is 5.97 Å². The van der Waals surface area contributed by atoms with Crippen molar-refractivity contribution in [1.82, 2.24) is 0 Å². The van der Waals surface area contributed by atoms with Crippen molar-refractivity contribution in [3.05, 3.63) is 48.6 Å². The van der Waals surface area contributed by atoms with E-state index in [1.54, 1.807) is 0 Å². The Kier molecular flexibility index (Phi) is 23.6. The van der Waals surface area contributed by atoms with Gasteiger partial charge in [-0.1, -0.05) is 75.3 Å². The molecule has 0 aromatic heterocycles. The van der Waals surface area contributed by atoms with Crippen LogP contribution in [0.1, 0.15) is 78.1 Å². The molecule has 0 spiro atoms. The number of hydrogen-bond donors (Lipinski definition) is 7. The first-order chi connectivity index (χ1) is 24.6. The molecule has 14 nitrogen and oxygen atoms in total. The van der Waals surface area contributed by atoms with Gasteiger partial charge in [-0.3, -0.25) is 4.79 Å². The summed E-state index contributed by atoms with van der Waals surface area (Å²) in [5.74, 6) is -0.424. The highest BCUT2D eigenvalue weighted by Gasteiger charge is 2.47. The molecule has 14 heteroatoms. The van der Waals surface area contributed by atoms with E-state index in [0.717, 1.165) is 51.4 Å². The summed E-state index contributed by atoms with van der Waals surface area (Å²) in [5, 5.41) is 71.2. The van der Waals surface area contributed by atoms with Crippen molar-refractivity contribution in [2.45, 2.75) is 146 Å². The van der Waals surface area contributed by atoms with Crippen LogP contribution in [-0.4, -0.2) is 142 Å². The fraction of sp³-hybridized carbons (Fsp3) is 0.757. The predicted molar refractivity (Wildman–Crippen MR) is 187 cm³/mol. The van der Waals surface area contributed by atoms with Crippen LogP contribution in [0.2, 0.25) is 0 Å². The highest BCUT2D eigenvalue weighted by molar-refractivity contribution is 5.69. The smallest absolute Gasteiger partial charge is 0.306 e. The lowest BCUT2D eigenvalue weighted by Crippen LogP contribution is -2.61. The molecular weight excluding hydrogens is 668 g/mol. The molecule has 2 aliphatic rings. The number of aliphatic hydroxyl groups is 7. The summed E-state index contributed by atoms with van der Waals surface area (Å²) in [6.45, 7) is 3.17. The van der Waals surface area contributed by atoms with Crippen LogP contribution >= 0.6 is 0 Å². The molecular formula is C37H62O14. The average molecular weight is 731 g/mol. The summed E-state index contributed by atoms with van der Waals surface area (Å²) >= 11 is 0. The van der Waals surface area contributed by atoms with Crippen molar-refractivity contribution in [2.75, 3.05) is 33.0 Å². The predicted octanol–water partition coefficient (Wildman–Crippen LogP) is 1.72. The molecule has 7 N–H and O–H groups in total. The molecule has 2 rings (SSSR count). The second kappa shape index (κ2) is 26.7. The SMILES string of the molecule is CC/C=C\C/C=C\C/C=C\C/C=C\CCCOCC(COC1OC(COC2OC(CO)C(O)C(O)C2O)C(O)C(O)C1O)OC(=O)CCCCC. The Labute approximate surface area is 302 Å². The van der Waals surface area contributed by atoms with Gasteiger partial charge in [0.25, 0.3) is 0 Å². The van der Waals surface area contributed by atoms with E-state index in [0.29, 0.717) is 13.0 Å². The monoisotopic (exact) mass is 730 g/mol. The summed E-state index contributed by atoms with van der Waals surface area (Å²) in [6.07, 6.45) is 8.83. The molecule has 0 radical (unpaired) electrons. The number of carbonyl (C=O) groups excluding carboxylic acids is 1. The molecule has 2 heterocycles. The first-order valence-electron chi connectivity index (χ1n) is 18.2. The maximum absolute atomic E-state index is 12.5. The van der Waals surface area contributed by atoms with E-state index in [9.17, 15) is 40.5 Å². The Morgan fingerprint density at radius 3 is 1.84 bits per heavy atom. The Hall–Kier alpha value is -2.05. The van der Waals surface area contributed by atoms with Gasteiger partial charge in [0.2, 0.25) is 0 Å². The number of ether oxygens (including phenoxy) is 6. The van der Waals surface area contributed by atoms with Crippen LogP contribution < -0.4 is 0 Å². The summed E-state index contributed by atoms with van der Waals surface area (Å²) in [4.78, 5) is 12.5. The van der Waals surface area contributed by atoms with Crippen LogP contribution in [0.4, 0.5) is 0 Å². The molecule has 0 saturated carbocycles. The zero-order valence-corrected chi connectivity index (χ0v) is 30.1. The molecule has 0 aromatic rings. The lowest BCUT2D eigenvalue weighted by molar-refractivity contribution is -0.332. The third-order valence-electron chi connectivity index (χ3n) is 8.35. The quantitative estimate of drug-likeness (QED) is 0.0405. The molecule has 0 bridgehead atoms. The van der Waals surface area contributed by atoms with Crippen molar-refractivity contribution in [1.29, 1.82) is 0 Å². The van der Waals surface area contributed by atoms with Crippen molar-refractivity contribution in [3.63, 3.8) is 0 Å². The molecule has 294 valence electrons. The summed E-state index contributed by atoms with van der Waals surface area (Å²) < 4.78 is 33.5. The van der Waals surface area contributed by atoms with E-state index in [4.69, 9.17) is 28.4 Å². The first-order valence-corrected chi connectivity index (χ1v) is 18.2. The lowest BCUT2D eigenvalue weighted by Gasteiger charge is -2.42. The summed E-state index contributed by atoms with van der Waals surface area (Å²) in [6, 6.07) is 0. The fourth-order valence-corrected chi connectivity index (χ4v) is 5.28. The van der Waals surface area contributed by atoms with Gasteiger partial charge in [-0.15, -0.1) is 0 Å². The molecule has 0 aliphatic carbocycles. The van der Waals surface area contributed by atoms with Gasteiger partial charge in [0.05, 0.1) is 26.4 Å². The van der Waals surface area contributed by atoms with Crippen LogP contribution in [0.3, 0.4) is 0 Å². The van der Waals surface area contributed by atoms with Gasteiger partial charge in [-0.2, -0.15) is 0 Å². The normalized spacial score (nSPS) is 31.0. The van der Waals surface area contributed by atoms with E-state index in [1.165, 1.54) is 0 Å². The van der Waals surface area contributed by atoms with Gasteiger partial charge in [-0.05, 0) is 44.9 Å². The average Bonchev–Trinajstić information content (AvgIpc) is 3.12. The van der Waals surface area contributed by atoms with Gasteiger partial charge in [-0.25, -0.2) is 0 Å². The summed E-state index contributed by atoms with van der Waals surface area (Å²) in [5.41, 5.74) is 0. The second-order valence-electron chi connectivity index (χ2n) is 12.7. The largest absolute Gasteiger partial charge is 0.457 e. The number of unbranched alkanes of at least 4 members (excludes halogenated alkanes) is 3. The molecule has 2 fully saturated rings. The Bertz CT molecular complexity index is 1030. The Morgan fingerprint density at radius 1 is 0.667 bits per heavy atom. The third kappa shape index (κ3) is 17.1. The maximum atomic E-state index is 12.5. The maximum Gasteiger partial charge on any atom is 0.306 e. The van der Waals surface area contributed by atoms with E-state index in [1.807, 2.05) is 6.92 Å². The van der Waals surface area contributed by atoms with E-state index < -0.39 is 86.7 Å². The van der Waals surface area contributed by atoms with Crippen LogP contribution in [-0.2, 0) is 33.2 Å². The number of rotatable bonds is 25. The summed E-state index contributed by atoms with van der Waals surface area (Å²) in [7, 11) is 0. The number of aliphatic hydroxyl groups excluding tert-OH is 7. The number of hydrogen-bond acceptors (Lipinski definition) is 14. The lowest BCUT2D eigenvalue weighted by atomic mass is 9.98. The van der Waals surface area contributed by atoms with Crippen LogP contribution in [0.5, 0.6) is 0 Å². The minimum Gasteiger partial charge on any atom is -0.457 e. The first kappa shape index (κ1) is 45.1. The van der Waals surface area contributed by atoms with Crippen molar-refractivity contribution in [2.24, 2.45) is 0 Å². The van der Waals surface area contributed by atoms with Crippen molar-refractivity contribution < 1.29 is 69.0 Å². The third-order valence-corrected chi connectivity index (χ3v) is 8.35. The van der Waals surface area contributed by atoms with Gasteiger partial charge in [0, 0.05) is 13.0 Å². The molecule has 11 atom stereocenters. The highest BCUT2D eigenvalue weighted by Crippen LogP contribution is 2.26. The fourth-order valence-electron chi connectivity index (χ4n) is 5.28. The van der Waals surface area contributed by atoms with Gasteiger partial charge < -0.3 is 64.2 Å². The number of carbonyl (C=O) groups is 1. The zero-order chi connectivity index (χ0) is 37.4. The standard InChI is InChI=1S/C37H62O14/c1-3-5-7-8-9-10-11-12-13-14-15-16-17-19-21-46-23-26(49-29(39)20-18-6-4-2)24-47-36-35(45)33(43)31(41)28(51-36)25-48-37-34(44)32(42)30(40)27(22-38)50-37/h5,7,9-10,12-13,15-16,26-28,30-38,40-45H,3-4,6,8,11,14,17-25H2,1-2H3/b7-5-,10-9-,13-12-,16-15-. The molecule has 0 amide bonds. The van der Waals surface area contributed by atoms with Gasteiger partial charge in [0.15, 0.2) is 12.6 Å². The minimum absolute atomic E-state index is 0.0192. The van der Waals surface area contributed by atoms with Crippen LogP contribution in [0.25, 0.3) is 0 Å². The second-order valence-corrected chi connectivity index (χ2v) is 12.7. The minimum atomic E-state index is -1.71. The topological polar surface area (TPSA) is 214 Å². The molecule has 0 aromatic carbocycles. The van der Waals surface area contributed by atoms with E-state index >= 15 is 0 Å². The van der Waals surface area contributed by atoms with Gasteiger partial charge in [0.1, 0.15) is 54.9 Å². The number of esters is 1. The van der Waals surface area contributed by atoms with E-state index in [2.05, 4.69) is 55.5 Å². The van der Waals surface area contributed by atoms with Crippen LogP contribution in [0.15, 0.2) is 48.6 Å². The number of allylic oxidation sites excluding steroid dienone is 8. The Balaban J connectivity index is 1.84. The molecule has 2 saturated heterocycles. The Morgan fingerprint density at radius 2 is 1.24 bits per heavy atom. The zero-order valence-electron chi connectivity index (χ0n) is 30.1. The van der Waals surface area contributed by atoms with Crippen molar-refractivity contribution >= 4 is 5.97 Å². The van der Waals surface area contributed by atoms with Crippen LogP contribution in [0, 0.1) is 0 Å².